The summed E-state index contributed by atoms with van der Waals surface area (Å²) in [4.78, 5) is 13.9. The molecule has 5 heteroatoms. The van der Waals surface area contributed by atoms with Gasteiger partial charge in [-0.3, -0.25) is 4.79 Å². The van der Waals surface area contributed by atoms with Crippen molar-refractivity contribution in [2.45, 2.75) is 5.38 Å². The van der Waals surface area contributed by atoms with Crippen LogP contribution in [0.25, 0.3) is 0 Å². The molecule has 1 saturated heterocycles. The Labute approximate surface area is 114 Å². The van der Waals surface area contributed by atoms with Crippen molar-refractivity contribution in [3.8, 4) is 0 Å². The summed E-state index contributed by atoms with van der Waals surface area (Å²) in [5, 5.41) is -0.620. The molecule has 1 unspecified atom stereocenters. The monoisotopic (exact) mass is 317 g/mol. The van der Waals surface area contributed by atoms with E-state index < -0.39 is 5.38 Å². The van der Waals surface area contributed by atoms with E-state index in [4.69, 9.17) is 16.3 Å². The zero-order chi connectivity index (χ0) is 12.3. The van der Waals surface area contributed by atoms with Gasteiger partial charge in [0.2, 0.25) is 5.91 Å². The quantitative estimate of drug-likeness (QED) is 0.785. The van der Waals surface area contributed by atoms with Crippen LogP contribution in [0.3, 0.4) is 0 Å². The molecule has 92 valence electrons. The molecule has 1 amide bonds. The maximum Gasteiger partial charge on any atom is 0.245 e. The number of morpholine rings is 1. The minimum atomic E-state index is -0.620. The minimum Gasteiger partial charge on any atom is -0.378 e. The Bertz CT molecular complexity index is 407. The van der Waals surface area contributed by atoms with Crippen molar-refractivity contribution in [3.63, 3.8) is 0 Å². The molecule has 1 atom stereocenters. The normalized spacial score (nSPS) is 17.9. The first-order valence-corrected chi connectivity index (χ1v) is 6.67. The number of carbonyl (C=O) groups is 1. The number of rotatable bonds is 2. The molecule has 0 N–H and O–H groups in total. The Morgan fingerprint density at radius 2 is 2.12 bits per heavy atom. The molecule has 3 nitrogen and oxygen atoms in total. The van der Waals surface area contributed by atoms with Gasteiger partial charge in [-0.15, -0.1) is 11.6 Å². The Balaban J connectivity index is 2.08. The summed E-state index contributed by atoms with van der Waals surface area (Å²) in [6.45, 7) is 2.42. The lowest BCUT2D eigenvalue weighted by molar-refractivity contribution is -0.134. The third-order valence-corrected chi connectivity index (χ3v) is 3.61. The number of benzene rings is 1. The van der Waals surface area contributed by atoms with Crippen molar-refractivity contribution in [1.29, 1.82) is 0 Å². The standard InChI is InChI=1S/C12H13BrClNO2/c13-10-3-1-2-9(8-10)11(14)12(16)15-4-6-17-7-5-15/h1-3,8,11H,4-7H2. The third kappa shape index (κ3) is 3.21. The average molecular weight is 319 g/mol. The van der Waals surface area contributed by atoms with Crippen LogP contribution in [0.2, 0.25) is 0 Å². The molecule has 0 radical (unpaired) electrons. The van der Waals surface area contributed by atoms with Crippen molar-refractivity contribution < 1.29 is 9.53 Å². The first kappa shape index (κ1) is 12.9. The summed E-state index contributed by atoms with van der Waals surface area (Å²) in [7, 11) is 0. The van der Waals surface area contributed by atoms with E-state index in [1.54, 1.807) is 4.90 Å². The van der Waals surface area contributed by atoms with Gasteiger partial charge in [0.15, 0.2) is 0 Å². The number of hydrogen-bond acceptors (Lipinski definition) is 2. The van der Waals surface area contributed by atoms with Crippen molar-refractivity contribution in [2.24, 2.45) is 0 Å². The maximum absolute atomic E-state index is 12.1. The highest BCUT2D eigenvalue weighted by Gasteiger charge is 2.25. The summed E-state index contributed by atoms with van der Waals surface area (Å²) in [5.74, 6) is -0.0481. The van der Waals surface area contributed by atoms with Crippen molar-refractivity contribution in [1.82, 2.24) is 4.90 Å². The molecule has 1 aliphatic rings. The molecular formula is C12H13BrClNO2. The highest BCUT2D eigenvalue weighted by molar-refractivity contribution is 9.10. The summed E-state index contributed by atoms with van der Waals surface area (Å²) >= 11 is 9.58. The fourth-order valence-electron chi connectivity index (χ4n) is 1.75. The number of nitrogens with zero attached hydrogens (tertiary/aromatic N) is 1. The van der Waals surface area contributed by atoms with Gasteiger partial charge in [0, 0.05) is 17.6 Å². The number of amides is 1. The van der Waals surface area contributed by atoms with Crippen LogP contribution in [0, 0.1) is 0 Å². The van der Waals surface area contributed by atoms with Gasteiger partial charge in [-0.1, -0.05) is 28.1 Å². The van der Waals surface area contributed by atoms with Crippen LogP contribution >= 0.6 is 27.5 Å². The second-order valence-corrected chi connectivity index (χ2v) is 5.21. The van der Waals surface area contributed by atoms with Gasteiger partial charge in [-0.25, -0.2) is 0 Å². The number of ether oxygens (including phenoxy) is 1. The van der Waals surface area contributed by atoms with Gasteiger partial charge < -0.3 is 9.64 Å². The van der Waals surface area contributed by atoms with Gasteiger partial charge >= 0.3 is 0 Å². The zero-order valence-electron chi connectivity index (χ0n) is 9.23. The summed E-state index contributed by atoms with van der Waals surface area (Å²) in [6.07, 6.45) is 0. The van der Waals surface area contributed by atoms with E-state index in [1.807, 2.05) is 24.3 Å². The molecule has 2 rings (SSSR count). The van der Waals surface area contributed by atoms with Crippen molar-refractivity contribution in [2.75, 3.05) is 26.3 Å². The molecule has 17 heavy (non-hydrogen) atoms. The largest absolute Gasteiger partial charge is 0.378 e. The second kappa shape index (κ2) is 5.85. The summed E-state index contributed by atoms with van der Waals surface area (Å²) < 4.78 is 6.14. The number of carbonyl (C=O) groups excluding carboxylic acids is 1. The molecule has 1 aromatic carbocycles. The van der Waals surface area contributed by atoms with E-state index >= 15 is 0 Å². The fraction of sp³-hybridized carbons (Fsp3) is 0.417. The number of hydrogen-bond donors (Lipinski definition) is 0. The van der Waals surface area contributed by atoms with Gasteiger partial charge in [-0.05, 0) is 17.7 Å². The highest BCUT2D eigenvalue weighted by atomic mass is 79.9. The average Bonchev–Trinajstić information content (AvgIpc) is 2.38. The minimum absolute atomic E-state index is 0.0481. The van der Waals surface area contributed by atoms with Gasteiger partial charge in [0.05, 0.1) is 13.2 Å². The van der Waals surface area contributed by atoms with E-state index in [-0.39, 0.29) is 5.91 Å². The Hall–Kier alpha value is -0.580. The molecule has 1 aromatic rings. The predicted molar refractivity (Wildman–Crippen MR) is 70.1 cm³/mol. The molecule has 0 bridgehead atoms. The van der Waals surface area contributed by atoms with E-state index in [9.17, 15) is 4.79 Å². The highest BCUT2D eigenvalue weighted by Crippen LogP contribution is 2.25. The topological polar surface area (TPSA) is 29.5 Å². The van der Waals surface area contributed by atoms with E-state index in [1.165, 1.54) is 0 Å². The van der Waals surface area contributed by atoms with Crippen LogP contribution in [0.4, 0.5) is 0 Å². The molecule has 0 aliphatic carbocycles. The first-order chi connectivity index (χ1) is 8.18. The lowest BCUT2D eigenvalue weighted by Gasteiger charge is -2.28. The fourth-order valence-corrected chi connectivity index (χ4v) is 2.44. The summed E-state index contributed by atoms with van der Waals surface area (Å²) in [6, 6.07) is 7.52. The van der Waals surface area contributed by atoms with Crippen LogP contribution in [0.15, 0.2) is 28.7 Å². The Morgan fingerprint density at radius 1 is 1.41 bits per heavy atom. The molecule has 0 aromatic heterocycles. The van der Waals surface area contributed by atoms with Crippen LogP contribution < -0.4 is 0 Å². The predicted octanol–water partition coefficient (Wildman–Crippen LogP) is 2.59. The molecule has 0 saturated carbocycles. The molecular weight excluding hydrogens is 305 g/mol. The third-order valence-electron chi connectivity index (χ3n) is 2.68. The van der Waals surface area contributed by atoms with Crippen LogP contribution in [0.1, 0.15) is 10.9 Å². The maximum atomic E-state index is 12.1. The van der Waals surface area contributed by atoms with E-state index in [0.29, 0.717) is 26.3 Å². The van der Waals surface area contributed by atoms with Gasteiger partial charge in [0.1, 0.15) is 5.38 Å². The second-order valence-electron chi connectivity index (χ2n) is 3.86. The number of alkyl halides is 1. The van der Waals surface area contributed by atoms with Gasteiger partial charge in [-0.2, -0.15) is 0 Å². The molecule has 1 aliphatic heterocycles. The summed E-state index contributed by atoms with van der Waals surface area (Å²) in [5.41, 5.74) is 0.817. The van der Waals surface area contributed by atoms with E-state index in [2.05, 4.69) is 15.9 Å². The Morgan fingerprint density at radius 3 is 2.76 bits per heavy atom. The van der Waals surface area contributed by atoms with Crippen LogP contribution in [-0.2, 0) is 9.53 Å². The molecule has 0 spiro atoms. The first-order valence-electron chi connectivity index (χ1n) is 5.44. The Kier molecular flexibility index (Phi) is 4.42. The molecule has 1 fully saturated rings. The lowest BCUT2D eigenvalue weighted by Crippen LogP contribution is -2.42. The smallest absolute Gasteiger partial charge is 0.245 e. The number of halogens is 2. The van der Waals surface area contributed by atoms with Crippen LogP contribution in [-0.4, -0.2) is 37.1 Å². The zero-order valence-corrected chi connectivity index (χ0v) is 11.6. The van der Waals surface area contributed by atoms with Gasteiger partial charge in [0.25, 0.3) is 0 Å². The van der Waals surface area contributed by atoms with Crippen molar-refractivity contribution >= 4 is 33.4 Å². The lowest BCUT2D eigenvalue weighted by atomic mass is 10.1. The molecule has 1 heterocycles. The van der Waals surface area contributed by atoms with E-state index in [0.717, 1.165) is 10.0 Å². The van der Waals surface area contributed by atoms with Crippen LogP contribution in [0.5, 0.6) is 0 Å². The SMILES string of the molecule is O=C(C(Cl)c1cccc(Br)c1)N1CCOCC1. The van der Waals surface area contributed by atoms with Crippen molar-refractivity contribution in [3.05, 3.63) is 34.3 Å².